The van der Waals surface area contributed by atoms with Crippen molar-refractivity contribution in [2.24, 2.45) is 0 Å². The molecule has 0 heterocycles. The molecule has 0 saturated carbocycles. The minimum atomic E-state index is -3.46. The van der Waals surface area contributed by atoms with Crippen LogP contribution < -0.4 is 14.8 Å². The number of hydrogen-bond acceptors (Lipinski definition) is 5. The number of rotatable bonds is 10. The Morgan fingerprint density at radius 1 is 1.29 bits per heavy atom. The van der Waals surface area contributed by atoms with Gasteiger partial charge in [-0.15, -0.1) is 0 Å². The maximum absolute atomic E-state index is 12.2. The molecule has 7 heteroatoms. The summed E-state index contributed by atoms with van der Waals surface area (Å²) in [6.07, 6.45) is 1.95. The molecule has 1 rings (SSSR count). The molecule has 0 fully saturated rings. The van der Waals surface area contributed by atoms with Crippen molar-refractivity contribution in [2.45, 2.75) is 24.8 Å². The molecule has 1 unspecified atom stereocenters. The molecule has 1 aromatic rings. The minimum Gasteiger partial charge on any atom is -0.492 e. The van der Waals surface area contributed by atoms with Crippen LogP contribution in [0.5, 0.6) is 5.75 Å². The van der Waals surface area contributed by atoms with E-state index in [0.29, 0.717) is 12.4 Å². The van der Waals surface area contributed by atoms with Gasteiger partial charge in [-0.25, -0.2) is 13.1 Å². The van der Waals surface area contributed by atoms with Crippen LogP contribution in [0.2, 0.25) is 0 Å². The van der Waals surface area contributed by atoms with E-state index in [-0.39, 0.29) is 10.9 Å². The monoisotopic (exact) mass is 332 g/mol. The smallest absolute Gasteiger partial charge is 0.240 e. The second-order valence-electron chi connectivity index (χ2n) is 4.65. The number of benzene rings is 1. The van der Waals surface area contributed by atoms with Gasteiger partial charge in [0.2, 0.25) is 10.0 Å². The first-order valence-electron chi connectivity index (χ1n) is 6.94. The highest BCUT2D eigenvalue weighted by molar-refractivity contribution is 7.98. The fourth-order valence-corrected chi connectivity index (χ4v) is 3.68. The SMILES string of the molecule is CCNCCOc1ccc(S(=O)(=O)NC(C)CSC)cc1. The molecule has 5 nitrogen and oxygen atoms in total. The Balaban J connectivity index is 2.59. The third-order valence-electron chi connectivity index (χ3n) is 2.70. The predicted octanol–water partition coefficient (Wildman–Crippen LogP) is 1.70. The third kappa shape index (κ3) is 6.69. The lowest BCUT2D eigenvalue weighted by Gasteiger charge is -2.13. The number of sulfonamides is 1. The van der Waals surface area contributed by atoms with Gasteiger partial charge in [0.25, 0.3) is 0 Å². The summed E-state index contributed by atoms with van der Waals surface area (Å²) in [7, 11) is -3.46. The van der Waals surface area contributed by atoms with Crippen LogP contribution in [0, 0.1) is 0 Å². The van der Waals surface area contributed by atoms with Crippen LogP contribution >= 0.6 is 11.8 Å². The van der Waals surface area contributed by atoms with E-state index < -0.39 is 10.0 Å². The van der Waals surface area contributed by atoms with E-state index >= 15 is 0 Å². The number of ether oxygens (including phenoxy) is 1. The van der Waals surface area contributed by atoms with Crippen LogP contribution in [0.25, 0.3) is 0 Å². The van der Waals surface area contributed by atoms with Gasteiger partial charge in [-0.3, -0.25) is 0 Å². The Labute approximate surface area is 131 Å². The number of likely N-dealkylation sites (N-methyl/N-ethyl adjacent to an activating group) is 1. The molecule has 0 bridgehead atoms. The van der Waals surface area contributed by atoms with Crippen molar-refractivity contribution in [3.63, 3.8) is 0 Å². The van der Waals surface area contributed by atoms with E-state index in [4.69, 9.17) is 4.74 Å². The van der Waals surface area contributed by atoms with Crippen LogP contribution in [0.15, 0.2) is 29.2 Å². The van der Waals surface area contributed by atoms with Gasteiger partial charge >= 0.3 is 0 Å². The molecule has 0 radical (unpaired) electrons. The number of nitrogens with one attached hydrogen (secondary N) is 2. The largest absolute Gasteiger partial charge is 0.492 e. The second-order valence-corrected chi connectivity index (χ2v) is 7.28. The first-order chi connectivity index (χ1) is 9.99. The van der Waals surface area contributed by atoms with Gasteiger partial charge in [-0.1, -0.05) is 6.92 Å². The van der Waals surface area contributed by atoms with E-state index in [1.165, 1.54) is 0 Å². The average Bonchev–Trinajstić information content (AvgIpc) is 2.44. The fraction of sp³-hybridized carbons (Fsp3) is 0.571. The fourth-order valence-electron chi connectivity index (χ4n) is 1.75. The van der Waals surface area contributed by atoms with E-state index in [0.717, 1.165) is 18.8 Å². The zero-order valence-corrected chi connectivity index (χ0v) is 14.4. The van der Waals surface area contributed by atoms with Gasteiger partial charge in [0.1, 0.15) is 12.4 Å². The minimum absolute atomic E-state index is 0.0963. The van der Waals surface area contributed by atoms with Gasteiger partial charge in [0, 0.05) is 18.3 Å². The van der Waals surface area contributed by atoms with E-state index in [1.54, 1.807) is 36.0 Å². The van der Waals surface area contributed by atoms with Gasteiger partial charge in [0.15, 0.2) is 0 Å². The summed E-state index contributed by atoms with van der Waals surface area (Å²) in [4.78, 5) is 0.259. The Bertz CT molecular complexity index is 503. The molecular weight excluding hydrogens is 308 g/mol. The maximum atomic E-state index is 12.2. The normalized spacial score (nSPS) is 13.1. The van der Waals surface area contributed by atoms with Crippen molar-refractivity contribution >= 4 is 21.8 Å². The highest BCUT2D eigenvalue weighted by atomic mass is 32.2. The first kappa shape index (κ1) is 18.3. The van der Waals surface area contributed by atoms with Gasteiger partial charge in [0.05, 0.1) is 4.90 Å². The van der Waals surface area contributed by atoms with Gasteiger partial charge in [-0.05, 0) is 44.0 Å². The summed E-state index contributed by atoms with van der Waals surface area (Å²) < 4.78 is 32.5. The molecule has 0 spiro atoms. The molecule has 0 aliphatic rings. The molecule has 1 aromatic carbocycles. The first-order valence-corrected chi connectivity index (χ1v) is 9.82. The van der Waals surface area contributed by atoms with Gasteiger partial charge < -0.3 is 10.1 Å². The van der Waals surface area contributed by atoms with Crippen LogP contribution in [-0.2, 0) is 10.0 Å². The second kappa shape index (κ2) is 9.30. The Kier molecular flexibility index (Phi) is 8.10. The Morgan fingerprint density at radius 3 is 2.52 bits per heavy atom. The number of hydrogen-bond donors (Lipinski definition) is 2. The standard InChI is InChI=1S/C14H24N2O3S2/c1-4-15-9-10-19-13-5-7-14(8-6-13)21(17,18)16-12(2)11-20-3/h5-8,12,15-16H,4,9-11H2,1-3H3. The van der Waals surface area contributed by atoms with Crippen molar-refractivity contribution in [1.82, 2.24) is 10.0 Å². The molecular formula is C14H24N2O3S2. The zero-order chi connectivity index (χ0) is 15.7. The highest BCUT2D eigenvalue weighted by Crippen LogP contribution is 2.16. The van der Waals surface area contributed by atoms with E-state index in [9.17, 15) is 8.42 Å². The van der Waals surface area contributed by atoms with Crippen LogP contribution in [0.3, 0.4) is 0 Å². The quantitative estimate of drug-likeness (QED) is 0.639. The topological polar surface area (TPSA) is 67.4 Å². The van der Waals surface area contributed by atoms with Gasteiger partial charge in [-0.2, -0.15) is 11.8 Å². The van der Waals surface area contributed by atoms with E-state index in [2.05, 4.69) is 10.0 Å². The summed E-state index contributed by atoms with van der Waals surface area (Å²) >= 11 is 1.61. The molecule has 21 heavy (non-hydrogen) atoms. The van der Waals surface area contributed by atoms with Crippen molar-refractivity contribution in [3.8, 4) is 5.75 Å². The Hall–Kier alpha value is -0.760. The summed E-state index contributed by atoms with van der Waals surface area (Å²) in [6.45, 7) is 6.12. The predicted molar refractivity (Wildman–Crippen MR) is 88.6 cm³/mol. The lowest BCUT2D eigenvalue weighted by molar-refractivity contribution is 0.315. The summed E-state index contributed by atoms with van der Waals surface area (Å²) in [5.74, 6) is 1.41. The molecule has 120 valence electrons. The number of thioether (sulfide) groups is 1. The molecule has 0 aliphatic carbocycles. The maximum Gasteiger partial charge on any atom is 0.240 e. The summed E-state index contributed by atoms with van der Waals surface area (Å²) in [5.41, 5.74) is 0. The molecule has 2 N–H and O–H groups in total. The molecule has 0 saturated heterocycles. The van der Waals surface area contributed by atoms with Crippen molar-refractivity contribution in [1.29, 1.82) is 0 Å². The lowest BCUT2D eigenvalue weighted by Crippen LogP contribution is -2.34. The third-order valence-corrected chi connectivity index (χ3v) is 5.14. The van der Waals surface area contributed by atoms with E-state index in [1.807, 2.05) is 20.1 Å². The summed E-state index contributed by atoms with van der Waals surface area (Å²) in [5, 5.41) is 3.15. The Morgan fingerprint density at radius 2 is 1.95 bits per heavy atom. The van der Waals surface area contributed by atoms with Crippen LogP contribution in [0.1, 0.15) is 13.8 Å². The van der Waals surface area contributed by atoms with Crippen LogP contribution in [-0.4, -0.2) is 46.2 Å². The van der Waals surface area contributed by atoms with Crippen LogP contribution in [0.4, 0.5) is 0 Å². The molecule has 1 atom stereocenters. The average molecular weight is 332 g/mol. The van der Waals surface area contributed by atoms with Crippen molar-refractivity contribution in [3.05, 3.63) is 24.3 Å². The highest BCUT2D eigenvalue weighted by Gasteiger charge is 2.16. The summed E-state index contributed by atoms with van der Waals surface area (Å²) in [6, 6.07) is 6.40. The molecule has 0 amide bonds. The lowest BCUT2D eigenvalue weighted by atomic mass is 10.3. The molecule has 0 aromatic heterocycles. The van der Waals surface area contributed by atoms with Crippen molar-refractivity contribution < 1.29 is 13.2 Å². The zero-order valence-electron chi connectivity index (χ0n) is 12.8. The van der Waals surface area contributed by atoms with Crippen molar-refractivity contribution in [2.75, 3.05) is 31.7 Å². The molecule has 0 aliphatic heterocycles.